The number of nitrogens with one attached hydrogen (secondary N) is 1. The first-order chi connectivity index (χ1) is 21.2. The minimum absolute atomic E-state index is 0.291. The third-order valence-corrected chi connectivity index (χ3v) is 9.50. The monoisotopic (exact) mass is 611 g/mol. The summed E-state index contributed by atoms with van der Waals surface area (Å²) in [7, 11) is 0. The fourth-order valence-electron chi connectivity index (χ4n) is 6.68. The van der Waals surface area contributed by atoms with Crippen LogP contribution in [-0.2, 0) is 4.74 Å². The van der Waals surface area contributed by atoms with Gasteiger partial charge in [-0.25, -0.2) is 4.79 Å². The van der Waals surface area contributed by atoms with Crippen LogP contribution < -0.4 is 9.64 Å². The molecule has 0 spiro atoms. The van der Waals surface area contributed by atoms with Gasteiger partial charge in [0, 0.05) is 66.1 Å². The van der Waals surface area contributed by atoms with Crippen LogP contribution in [0.4, 0.5) is 5.69 Å². The Bertz CT molecular complexity index is 1670. The molecule has 2 aliphatic rings. The van der Waals surface area contributed by atoms with Crippen molar-refractivity contribution in [3.63, 3.8) is 0 Å². The lowest BCUT2D eigenvalue weighted by Crippen LogP contribution is -2.50. The zero-order valence-electron chi connectivity index (χ0n) is 26.2. The van der Waals surface area contributed by atoms with E-state index in [4.69, 9.17) is 21.1 Å². The van der Waals surface area contributed by atoms with Crippen molar-refractivity contribution >= 4 is 39.7 Å². The van der Waals surface area contributed by atoms with Gasteiger partial charge < -0.3 is 19.4 Å². The molecule has 1 saturated heterocycles. The molecule has 230 valence electrons. The SMILES string of the molecule is CCOC(=O)c1ccc(N2CCN(C(C)C3=C(c4ccc(Cl)cc4)CC(C)(C)CC3)CC2)cc1Oc1ccc2[nH]ccc2c1. The number of benzene rings is 3. The molecule has 6 nitrogen and oxygen atoms in total. The molecule has 3 aromatic carbocycles. The average molecular weight is 612 g/mol. The van der Waals surface area contributed by atoms with E-state index < -0.39 is 0 Å². The molecular formula is C37H42ClN3O3. The van der Waals surface area contributed by atoms with Crippen molar-refractivity contribution in [3.05, 3.63) is 94.6 Å². The Morgan fingerprint density at radius 1 is 1.00 bits per heavy atom. The highest BCUT2D eigenvalue weighted by Crippen LogP contribution is 2.45. The minimum Gasteiger partial charge on any atom is -0.462 e. The van der Waals surface area contributed by atoms with Gasteiger partial charge in [-0.1, -0.05) is 37.6 Å². The molecule has 1 aliphatic carbocycles. The van der Waals surface area contributed by atoms with Crippen molar-refractivity contribution in [2.45, 2.75) is 53.0 Å². The van der Waals surface area contributed by atoms with Gasteiger partial charge in [-0.05, 0) is 104 Å². The molecule has 0 saturated carbocycles. The van der Waals surface area contributed by atoms with Crippen molar-refractivity contribution in [3.8, 4) is 11.5 Å². The zero-order valence-corrected chi connectivity index (χ0v) is 26.9. The molecule has 0 amide bonds. The van der Waals surface area contributed by atoms with E-state index in [1.54, 1.807) is 5.57 Å². The van der Waals surface area contributed by atoms with Crippen LogP contribution in [0.25, 0.3) is 16.5 Å². The quantitative estimate of drug-likeness (QED) is 0.202. The number of rotatable bonds is 8. The summed E-state index contributed by atoms with van der Waals surface area (Å²) >= 11 is 6.24. The van der Waals surface area contributed by atoms with Crippen molar-refractivity contribution in [1.82, 2.24) is 9.88 Å². The molecule has 1 aromatic heterocycles. The van der Waals surface area contributed by atoms with Crippen molar-refractivity contribution in [2.24, 2.45) is 5.41 Å². The molecule has 4 aromatic rings. The van der Waals surface area contributed by atoms with Crippen LogP contribution in [0.1, 0.15) is 62.9 Å². The maximum absolute atomic E-state index is 12.8. The normalized spacial score (nSPS) is 18.0. The second-order valence-corrected chi connectivity index (χ2v) is 13.2. The van der Waals surface area contributed by atoms with Gasteiger partial charge in [0.2, 0.25) is 0 Å². The zero-order chi connectivity index (χ0) is 30.8. The molecule has 7 heteroatoms. The fraction of sp³-hybridized carbons (Fsp3) is 0.378. The summed E-state index contributed by atoms with van der Waals surface area (Å²) < 4.78 is 11.7. The molecule has 1 atom stereocenters. The highest BCUT2D eigenvalue weighted by molar-refractivity contribution is 6.30. The van der Waals surface area contributed by atoms with Crippen LogP contribution in [-0.4, -0.2) is 54.7 Å². The Morgan fingerprint density at radius 2 is 1.77 bits per heavy atom. The summed E-state index contributed by atoms with van der Waals surface area (Å²) in [4.78, 5) is 21.0. The molecule has 0 bridgehead atoms. The molecule has 6 rings (SSSR count). The van der Waals surface area contributed by atoms with Gasteiger partial charge in [0.1, 0.15) is 17.1 Å². The molecule has 1 fully saturated rings. The van der Waals surface area contributed by atoms with Crippen LogP contribution in [0.15, 0.2) is 78.5 Å². The largest absolute Gasteiger partial charge is 0.462 e. The van der Waals surface area contributed by atoms with E-state index in [0.29, 0.717) is 35.1 Å². The van der Waals surface area contributed by atoms with Gasteiger partial charge in [0.05, 0.1) is 6.61 Å². The summed E-state index contributed by atoms with van der Waals surface area (Å²) in [6.45, 7) is 13.0. The minimum atomic E-state index is -0.379. The van der Waals surface area contributed by atoms with E-state index in [1.807, 2.05) is 67.7 Å². The van der Waals surface area contributed by atoms with E-state index in [9.17, 15) is 4.79 Å². The second-order valence-electron chi connectivity index (χ2n) is 12.8. The Kier molecular flexibility index (Phi) is 8.75. The number of fused-ring (bicyclic) bond motifs is 1. The lowest BCUT2D eigenvalue weighted by Gasteiger charge is -2.43. The van der Waals surface area contributed by atoms with E-state index in [2.05, 4.69) is 47.7 Å². The molecule has 0 radical (unpaired) electrons. The number of aromatic amines is 1. The molecular weight excluding hydrogens is 570 g/mol. The van der Waals surface area contributed by atoms with Crippen LogP contribution in [0, 0.1) is 5.41 Å². The number of carbonyl (C=O) groups excluding carboxylic acids is 1. The summed E-state index contributed by atoms with van der Waals surface area (Å²) in [5, 5.41) is 1.83. The molecule has 44 heavy (non-hydrogen) atoms. The van der Waals surface area contributed by atoms with Gasteiger partial charge in [-0.2, -0.15) is 0 Å². The van der Waals surface area contributed by atoms with Crippen molar-refractivity contribution in [2.75, 3.05) is 37.7 Å². The number of esters is 1. The van der Waals surface area contributed by atoms with Gasteiger partial charge >= 0.3 is 5.97 Å². The maximum Gasteiger partial charge on any atom is 0.341 e. The summed E-state index contributed by atoms with van der Waals surface area (Å²) in [6, 6.07) is 22.5. The number of hydrogen-bond acceptors (Lipinski definition) is 5. The summed E-state index contributed by atoms with van der Waals surface area (Å²) in [5.41, 5.74) is 7.16. The topological polar surface area (TPSA) is 57.8 Å². The number of piperazine rings is 1. The first kappa shape index (κ1) is 30.3. The van der Waals surface area contributed by atoms with E-state index in [0.717, 1.165) is 60.6 Å². The predicted molar refractivity (Wildman–Crippen MR) is 180 cm³/mol. The highest BCUT2D eigenvalue weighted by atomic mass is 35.5. The molecule has 1 aliphatic heterocycles. The third-order valence-electron chi connectivity index (χ3n) is 9.25. The molecule has 1 N–H and O–H groups in total. The lowest BCUT2D eigenvalue weighted by atomic mass is 9.71. The van der Waals surface area contributed by atoms with Crippen LogP contribution in [0.3, 0.4) is 0 Å². The highest BCUT2D eigenvalue weighted by Gasteiger charge is 2.33. The number of carbonyl (C=O) groups is 1. The molecule has 1 unspecified atom stereocenters. The van der Waals surface area contributed by atoms with E-state index in [-0.39, 0.29) is 5.97 Å². The Morgan fingerprint density at radius 3 is 2.52 bits per heavy atom. The first-order valence-corrected chi connectivity index (χ1v) is 16.1. The van der Waals surface area contributed by atoms with Crippen molar-refractivity contribution in [1.29, 1.82) is 0 Å². The van der Waals surface area contributed by atoms with Gasteiger partial charge in [0.25, 0.3) is 0 Å². The number of ether oxygens (including phenoxy) is 2. The van der Waals surface area contributed by atoms with Crippen LogP contribution in [0.5, 0.6) is 11.5 Å². The number of anilines is 1. The number of aromatic nitrogens is 1. The average Bonchev–Trinajstić information content (AvgIpc) is 3.49. The fourth-order valence-corrected chi connectivity index (χ4v) is 6.81. The number of nitrogens with zero attached hydrogens (tertiary/aromatic N) is 2. The van der Waals surface area contributed by atoms with Gasteiger partial charge in [0.15, 0.2) is 0 Å². The number of halogens is 1. The Balaban J connectivity index is 1.20. The standard InChI is InChI=1S/C37H42ClN3O3/c1-5-43-36(42)32-12-10-29(23-35(32)44-30-11-13-34-27(22-30)15-17-39-34)41-20-18-40(19-21-41)25(2)31-14-16-37(3,4)24-33(31)26-6-8-28(38)9-7-26/h6-13,15,17,22-23,25,39H,5,14,16,18-21,24H2,1-4H3. The smallest absolute Gasteiger partial charge is 0.341 e. The van der Waals surface area contributed by atoms with Crippen LogP contribution >= 0.6 is 11.6 Å². The second kappa shape index (κ2) is 12.7. The summed E-state index contributed by atoms with van der Waals surface area (Å²) in [5.74, 6) is 0.809. The Labute approximate surface area is 265 Å². The Hall–Kier alpha value is -3.74. The predicted octanol–water partition coefficient (Wildman–Crippen LogP) is 8.96. The number of hydrogen-bond donors (Lipinski definition) is 1. The number of allylic oxidation sites excluding steroid dienone is 1. The third kappa shape index (κ3) is 6.52. The first-order valence-electron chi connectivity index (χ1n) is 15.7. The number of H-pyrrole nitrogens is 1. The van der Waals surface area contributed by atoms with Gasteiger partial charge in [-0.15, -0.1) is 0 Å². The van der Waals surface area contributed by atoms with Crippen molar-refractivity contribution < 1.29 is 14.3 Å². The maximum atomic E-state index is 12.8. The lowest BCUT2D eigenvalue weighted by molar-refractivity contribution is 0.0523. The van der Waals surface area contributed by atoms with Gasteiger partial charge in [-0.3, -0.25) is 4.90 Å². The van der Waals surface area contributed by atoms with E-state index >= 15 is 0 Å². The summed E-state index contributed by atoms with van der Waals surface area (Å²) in [6.07, 6.45) is 5.32. The van der Waals surface area contributed by atoms with Crippen LogP contribution in [0.2, 0.25) is 5.02 Å². The van der Waals surface area contributed by atoms with E-state index in [1.165, 1.54) is 17.6 Å². The molecule has 2 heterocycles.